The Balaban J connectivity index is 1.31. The van der Waals surface area contributed by atoms with Gasteiger partial charge in [-0.05, 0) is 53.6 Å². The summed E-state index contributed by atoms with van der Waals surface area (Å²) in [6.07, 6.45) is 0. The van der Waals surface area contributed by atoms with Crippen LogP contribution in [0.5, 0.6) is 0 Å². The van der Waals surface area contributed by atoms with Gasteiger partial charge in [0.05, 0.1) is 22.8 Å². The van der Waals surface area contributed by atoms with Gasteiger partial charge in [-0.2, -0.15) is 0 Å². The standard InChI is InChI=1S/C52H35N3O/c1-6-19-36(20-7-1)44-33-40(52-53-46(38-23-10-3-11-24-38)35-47(54-52)39-25-12-4-13-26-39)34-45(37-21-8-2-9-22-37)50(44)55(41-27-14-5-15-28-41)48-31-18-30-43-42-29-16-17-32-49(42)56-51(43)48/h1-35H. The van der Waals surface area contributed by atoms with Gasteiger partial charge in [0.2, 0.25) is 0 Å². The van der Waals surface area contributed by atoms with Crippen molar-refractivity contribution in [2.75, 3.05) is 4.90 Å². The van der Waals surface area contributed by atoms with Crippen molar-refractivity contribution >= 4 is 39.0 Å². The molecule has 10 rings (SSSR count). The molecule has 0 aliphatic carbocycles. The summed E-state index contributed by atoms with van der Waals surface area (Å²) in [4.78, 5) is 12.9. The Labute approximate surface area is 325 Å². The van der Waals surface area contributed by atoms with Gasteiger partial charge in [-0.25, -0.2) is 9.97 Å². The van der Waals surface area contributed by atoms with Crippen molar-refractivity contribution in [3.63, 3.8) is 0 Å². The van der Waals surface area contributed by atoms with E-state index in [9.17, 15) is 0 Å². The summed E-state index contributed by atoms with van der Waals surface area (Å²) in [6.45, 7) is 0. The van der Waals surface area contributed by atoms with E-state index in [0.29, 0.717) is 5.82 Å². The third kappa shape index (κ3) is 6.09. The summed E-state index contributed by atoms with van der Waals surface area (Å²) < 4.78 is 6.74. The third-order valence-corrected chi connectivity index (χ3v) is 10.3. The molecular formula is C52H35N3O. The highest BCUT2D eigenvalue weighted by molar-refractivity contribution is 6.12. The molecule has 0 aliphatic heterocycles. The van der Waals surface area contributed by atoms with Crippen LogP contribution in [0, 0.1) is 0 Å². The topological polar surface area (TPSA) is 42.2 Å². The van der Waals surface area contributed by atoms with E-state index in [1.54, 1.807) is 0 Å². The number of aromatic nitrogens is 2. The predicted molar refractivity (Wildman–Crippen MR) is 231 cm³/mol. The zero-order chi connectivity index (χ0) is 37.3. The number of nitrogens with zero attached hydrogens (tertiary/aromatic N) is 3. The number of rotatable bonds is 8. The van der Waals surface area contributed by atoms with Gasteiger partial charge < -0.3 is 9.32 Å². The molecule has 0 fully saturated rings. The van der Waals surface area contributed by atoms with E-state index in [1.807, 2.05) is 24.3 Å². The average Bonchev–Trinajstić information content (AvgIpc) is 3.67. The molecule has 0 bridgehead atoms. The first-order chi connectivity index (χ1) is 27.8. The van der Waals surface area contributed by atoms with E-state index in [0.717, 1.165) is 89.3 Å². The van der Waals surface area contributed by atoms with E-state index in [1.165, 1.54) is 0 Å². The molecule has 0 N–H and O–H groups in total. The van der Waals surface area contributed by atoms with Crippen molar-refractivity contribution in [1.82, 2.24) is 9.97 Å². The van der Waals surface area contributed by atoms with E-state index in [4.69, 9.17) is 14.4 Å². The van der Waals surface area contributed by atoms with Gasteiger partial charge in [0.25, 0.3) is 0 Å². The highest BCUT2D eigenvalue weighted by atomic mass is 16.3. The number of benzene rings is 8. The van der Waals surface area contributed by atoms with Gasteiger partial charge in [-0.3, -0.25) is 0 Å². The van der Waals surface area contributed by atoms with Crippen molar-refractivity contribution < 1.29 is 4.42 Å². The highest BCUT2D eigenvalue weighted by Gasteiger charge is 2.27. The molecule has 0 aliphatic rings. The third-order valence-electron chi connectivity index (χ3n) is 10.3. The number of para-hydroxylation sites is 3. The van der Waals surface area contributed by atoms with E-state index >= 15 is 0 Å². The van der Waals surface area contributed by atoms with Gasteiger partial charge in [0, 0.05) is 44.3 Å². The first kappa shape index (κ1) is 33.0. The first-order valence-corrected chi connectivity index (χ1v) is 18.8. The van der Waals surface area contributed by atoms with Crippen LogP contribution in [0.1, 0.15) is 0 Å². The first-order valence-electron chi connectivity index (χ1n) is 18.8. The van der Waals surface area contributed by atoms with Crippen LogP contribution in [-0.2, 0) is 0 Å². The number of hydrogen-bond acceptors (Lipinski definition) is 4. The monoisotopic (exact) mass is 717 g/mol. The lowest BCUT2D eigenvalue weighted by molar-refractivity contribution is 0.669. The van der Waals surface area contributed by atoms with Crippen molar-refractivity contribution in [1.29, 1.82) is 0 Å². The summed E-state index contributed by atoms with van der Waals surface area (Å²) in [6, 6.07) is 73.8. The van der Waals surface area contributed by atoms with Crippen LogP contribution in [-0.4, -0.2) is 9.97 Å². The maximum atomic E-state index is 6.74. The maximum absolute atomic E-state index is 6.74. The van der Waals surface area contributed by atoms with Gasteiger partial charge >= 0.3 is 0 Å². The molecule has 0 atom stereocenters. The van der Waals surface area contributed by atoms with Crippen LogP contribution in [0.3, 0.4) is 0 Å². The molecule has 0 saturated heterocycles. The lowest BCUT2D eigenvalue weighted by atomic mass is 9.91. The minimum absolute atomic E-state index is 0.650. The molecular weight excluding hydrogens is 683 g/mol. The maximum Gasteiger partial charge on any atom is 0.160 e. The van der Waals surface area contributed by atoms with Gasteiger partial charge in [-0.15, -0.1) is 0 Å². The Morgan fingerprint density at radius 1 is 0.375 bits per heavy atom. The average molecular weight is 718 g/mol. The normalized spacial score (nSPS) is 11.2. The second kappa shape index (κ2) is 14.3. The molecule has 8 aromatic carbocycles. The second-order valence-corrected chi connectivity index (χ2v) is 13.8. The summed E-state index contributed by atoms with van der Waals surface area (Å²) in [5.74, 6) is 0.650. The fourth-order valence-corrected chi connectivity index (χ4v) is 7.64. The van der Waals surface area contributed by atoms with Crippen molar-refractivity contribution in [3.05, 3.63) is 212 Å². The quantitative estimate of drug-likeness (QED) is 0.157. The minimum Gasteiger partial charge on any atom is -0.454 e. The molecule has 0 radical (unpaired) electrons. The molecule has 10 aromatic rings. The molecule has 0 saturated carbocycles. The minimum atomic E-state index is 0.650. The molecule has 2 heterocycles. The molecule has 0 unspecified atom stereocenters. The van der Waals surface area contributed by atoms with Gasteiger partial charge in [-0.1, -0.05) is 170 Å². The van der Waals surface area contributed by atoms with Crippen molar-refractivity contribution in [3.8, 4) is 56.2 Å². The van der Waals surface area contributed by atoms with Crippen molar-refractivity contribution in [2.24, 2.45) is 0 Å². The zero-order valence-electron chi connectivity index (χ0n) is 30.5. The van der Waals surface area contributed by atoms with E-state index in [2.05, 4.69) is 193 Å². The highest BCUT2D eigenvalue weighted by Crippen LogP contribution is 2.50. The number of anilines is 3. The summed E-state index contributed by atoms with van der Waals surface area (Å²) in [5.41, 5.74) is 13.6. The Hall–Kier alpha value is -7.56. The fourth-order valence-electron chi connectivity index (χ4n) is 7.64. The summed E-state index contributed by atoms with van der Waals surface area (Å²) in [7, 11) is 0. The molecule has 2 aromatic heterocycles. The Morgan fingerprint density at radius 3 is 1.39 bits per heavy atom. The number of fused-ring (bicyclic) bond motifs is 3. The largest absolute Gasteiger partial charge is 0.454 e. The van der Waals surface area contributed by atoms with Crippen LogP contribution in [0.15, 0.2) is 217 Å². The van der Waals surface area contributed by atoms with Crippen LogP contribution < -0.4 is 4.90 Å². The van der Waals surface area contributed by atoms with Crippen LogP contribution in [0.2, 0.25) is 0 Å². The van der Waals surface area contributed by atoms with E-state index < -0.39 is 0 Å². The van der Waals surface area contributed by atoms with E-state index in [-0.39, 0.29) is 0 Å². The molecule has 264 valence electrons. The second-order valence-electron chi connectivity index (χ2n) is 13.8. The SMILES string of the molecule is c1ccc(-c2cc(-c3ccccc3)nc(-c3cc(-c4ccccc4)c(N(c4ccccc4)c4cccc5c4oc4ccccc45)c(-c4ccccc4)c3)n2)cc1. The fraction of sp³-hybridized carbons (Fsp3) is 0. The van der Waals surface area contributed by atoms with Gasteiger partial charge in [0.1, 0.15) is 5.58 Å². The predicted octanol–water partition coefficient (Wildman–Crippen LogP) is 14.2. The lowest BCUT2D eigenvalue weighted by Crippen LogP contribution is -2.13. The Morgan fingerprint density at radius 2 is 0.839 bits per heavy atom. The van der Waals surface area contributed by atoms with Crippen LogP contribution in [0.4, 0.5) is 17.1 Å². The van der Waals surface area contributed by atoms with Crippen LogP contribution in [0.25, 0.3) is 78.1 Å². The smallest absolute Gasteiger partial charge is 0.160 e. The molecule has 0 spiro atoms. The Kier molecular flexibility index (Phi) is 8.47. The van der Waals surface area contributed by atoms with Gasteiger partial charge in [0.15, 0.2) is 11.4 Å². The summed E-state index contributed by atoms with van der Waals surface area (Å²) >= 11 is 0. The number of hydrogen-bond donors (Lipinski definition) is 0. The molecule has 0 amide bonds. The lowest BCUT2D eigenvalue weighted by Gasteiger charge is -2.31. The number of furan rings is 1. The zero-order valence-corrected chi connectivity index (χ0v) is 30.5. The summed E-state index contributed by atoms with van der Waals surface area (Å²) in [5, 5.41) is 2.15. The Bertz CT molecular complexity index is 2830. The molecule has 4 nitrogen and oxygen atoms in total. The molecule has 4 heteroatoms. The molecule has 56 heavy (non-hydrogen) atoms. The van der Waals surface area contributed by atoms with Crippen LogP contribution >= 0.6 is 0 Å². The van der Waals surface area contributed by atoms with Crippen molar-refractivity contribution in [2.45, 2.75) is 0 Å².